The monoisotopic (exact) mass is 316 g/mol. The summed E-state index contributed by atoms with van der Waals surface area (Å²) in [5.74, 6) is 0. The predicted molar refractivity (Wildman–Crippen MR) is 76.2 cm³/mol. The van der Waals surface area contributed by atoms with Crippen molar-refractivity contribution < 1.29 is 22.7 Å². The van der Waals surface area contributed by atoms with E-state index in [1.54, 1.807) is 20.8 Å². The second kappa shape index (κ2) is 5.37. The number of alkyl halides is 3. The maximum Gasteiger partial charge on any atom is 0.418 e. The Morgan fingerprint density at radius 3 is 2.41 bits per heavy atom. The summed E-state index contributed by atoms with van der Waals surface area (Å²) in [5.41, 5.74) is 4.94. The number of amides is 1. The zero-order chi connectivity index (χ0) is 16.7. The van der Waals surface area contributed by atoms with Crippen molar-refractivity contribution in [2.75, 3.05) is 12.3 Å². The minimum absolute atomic E-state index is 0.201. The Morgan fingerprint density at radius 2 is 1.86 bits per heavy atom. The van der Waals surface area contributed by atoms with Crippen molar-refractivity contribution in [2.24, 2.45) is 0 Å². The quantitative estimate of drug-likeness (QED) is 0.744. The van der Waals surface area contributed by atoms with Gasteiger partial charge in [0.15, 0.2) is 0 Å². The summed E-state index contributed by atoms with van der Waals surface area (Å²) >= 11 is 0. The number of nitrogens with zero attached hydrogens (tertiary/aromatic N) is 1. The second-order valence-electron chi connectivity index (χ2n) is 6.36. The van der Waals surface area contributed by atoms with Crippen molar-refractivity contribution in [2.45, 2.75) is 45.5 Å². The molecule has 2 rings (SSSR count). The van der Waals surface area contributed by atoms with E-state index in [0.29, 0.717) is 24.1 Å². The largest absolute Gasteiger partial charge is 0.444 e. The van der Waals surface area contributed by atoms with E-state index >= 15 is 0 Å². The number of ether oxygens (including phenoxy) is 1. The first-order chi connectivity index (χ1) is 9.97. The van der Waals surface area contributed by atoms with Crippen LogP contribution in [0.2, 0.25) is 0 Å². The van der Waals surface area contributed by atoms with Crippen LogP contribution in [-0.2, 0) is 23.9 Å². The third-order valence-corrected chi connectivity index (χ3v) is 3.34. The molecule has 0 bridgehead atoms. The first-order valence-electron chi connectivity index (χ1n) is 6.94. The Bertz CT molecular complexity index is 592. The summed E-state index contributed by atoms with van der Waals surface area (Å²) in [6.07, 6.45) is -4.60. The molecule has 122 valence electrons. The lowest BCUT2D eigenvalue weighted by molar-refractivity contribution is -0.137. The van der Waals surface area contributed by atoms with Crippen LogP contribution in [0.15, 0.2) is 12.1 Å². The summed E-state index contributed by atoms with van der Waals surface area (Å²) in [6.45, 7) is 5.80. The van der Waals surface area contributed by atoms with Gasteiger partial charge < -0.3 is 15.4 Å². The predicted octanol–water partition coefficient (Wildman–Crippen LogP) is 3.58. The molecular weight excluding hydrogens is 297 g/mol. The van der Waals surface area contributed by atoms with Gasteiger partial charge in [-0.3, -0.25) is 0 Å². The fourth-order valence-electron chi connectivity index (χ4n) is 2.36. The van der Waals surface area contributed by atoms with Crippen molar-refractivity contribution in [1.29, 1.82) is 0 Å². The molecular formula is C15H19F3N2O2. The number of hydrogen-bond acceptors (Lipinski definition) is 3. The van der Waals surface area contributed by atoms with Crippen molar-refractivity contribution >= 4 is 11.8 Å². The van der Waals surface area contributed by atoms with Crippen molar-refractivity contribution in [3.05, 3.63) is 28.8 Å². The average molecular weight is 316 g/mol. The van der Waals surface area contributed by atoms with Crippen LogP contribution in [0.1, 0.15) is 37.5 Å². The van der Waals surface area contributed by atoms with Crippen LogP contribution in [0.25, 0.3) is 0 Å². The SMILES string of the molecule is CC(C)(C)OC(=O)N1CCc2cc(C(F)(F)F)c(N)cc2C1. The summed E-state index contributed by atoms with van der Waals surface area (Å²) in [5, 5.41) is 0. The molecule has 1 heterocycles. The molecule has 1 aromatic carbocycles. The molecule has 0 fully saturated rings. The van der Waals surface area contributed by atoms with Crippen molar-refractivity contribution in [3.8, 4) is 0 Å². The number of fused-ring (bicyclic) bond motifs is 1. The highest BCUT2D eigenvalue weighted by Gasteiger charge is 2.35. The summed E-state index contributed by atoms with van der Waals surface area (Å²) in [4.78, 5) is 13.5. The van der Waals surface area contributed by atoms with Gasteiger partial charge >= 0.3 is 12.3 Å². The molecule has 1 aromatic rings. The molecule has 0 unspecified atom stereocenters. The Kier molecular flexibility index (Phi) is 4.02. The Balaban J connectivity index is 2.22. The van der Waals surface area contributed by atoms with Crippen molar-refractivity contribution in [3.63, 3.8) is 0 Å². The minimum atomic E-state index is -4.47. The third kappa shape index (κ3) is 3.64. The summed E-state index contributed by atoms with van der Waals surface area (Å²) in [7, 11) is 0. The maximum absolute atomic E-state index is 12.8. The Morgan fingerprint density at radius 1 is 1.23 bits per heavy atom. The number of nitrogens with two attached hydrogens (primary N) is 1. The highest BCUT2D eigenvalue weighted by Crippen LogP contribution is 2.36. The second-order valence-corrected chi connectivity index (χ2v) is 6.36. The van der Waals surface area contributed by atoms with Gasteiger partial charge in [0.2, 0.25) is 0 Å². The minimum Gasteiger partial charge on any atom is -0.444 e. The molecule has 0 aromatic heterocycles. The lowest BCUT2D eigenvalue weighted by Gasteiger charge is -2.31. The fraction of sp³-hybridized carbons (Fsp3) is 0.533. The molecule has 7 heteroatoms. The highest BCUT2D eigenvalue weighted by molar-refractivity contribution is 5.69. The standard InChI is InChI=1S/C15H19F3N2O2/c1-14(2,3)22-13(21)20-5-4-9-6-11(15(16,17)18)12(19)7-10(9)8-20/h6-7H,4-5,8,19H2,1-3H3. The van der Waals surface area contributed by atoms with Gasteiger partial charge in [-0.05, 0) is 50.5 Å². The number of rotatable bonds is 0. The van der Waals surface area contributed by atoms with E-state index in [4.69, 9.17) is 10.5 Å². The molecule has 1 aliphatic heterocycles. The molecule has 22 heavy (non-hydrogen) atoms. The number of carbonyl (C=O) groups excluding carboxylic acids is 1. The maximum atomic E-state index is 12.8. The zero-order valence-corrected chi connectivity index (χ0v) is 12.8. The normalized spacial score (nSPS) is 15.5. The molecule has 1 amide bonds. The number of halogens is 3. The molecule has 0 aliphatic carbocycles. The van der Waals surface area contributed by atoms with E-state index in [9.17, 15) is 18.0 Å². The molecule has 0 saturated heterocycles. The topological polar surface area (TPSA) is 55.6 Å². The van der Waals surface area contributed by atoms with Crippen LogP contribution in [-0.4, -0.2) is 23.1 Å². The van der Waals surface area contributed by atoms with Gasteiger partial charge in [-0.2, -0.15) is 13.2 Å². The Labute approximate surface area is 127 Å². The van der Waals surface area contributed by atoms with Gasteiger partial charge in [-0.25, -0.2) is 4.79 Å². The van der Waals surface area contributed by atoms with Gasteiger partial charge in [-0.1, -0.05) is 0 Å². The number of benzene rings is 1. The highest BCUT2D eigenvalue weighted by atomic mass is 19.4. The number of hydrogen-bond donors (Lipinski definition) is 1. The van der Waals surface area contributed by atoms with Gasteiger partial charge in [0, 0.05) is 18.8 Å². The molecule has 0 spiro atoms. The fourth-order valence-corrected chi connectivity index (χ4v) is 2.36. The van der Waals surface area contributed by atoms with E-state index in [1.165, 1.54) is 11.0 Å². The summed E-state index contributed by atoms with van der Waals surface area (Å²) in [6, 6.07) is 2.38. The lowest BCUT2D eigenvalue weighted by Crippen LogP contribution is -2.40. The van der Waals surface area contributed by atoms with Gasteiger partial charge in [-0.15, -0.1) is 0 Å². The number of anilines is 1. The smallest absolute Gasteiger partial charge is 0.418 e. The van der Waals surface area contributed by atoms with E-state index in [2.05, 4.69) is 0 Å². The van der Waals surface area contributed by atoms with Crippen LogP contribution < -0.4 is 5.73 Å². The van der Waals surface area contributed by atoms with Gasteiger partial charge in [0.1, 0.15) is 5.60 Å². The van der Waals surface area contributed by atoms with Crippen molar-refractivity contribution in [1.82, 2.24) is 4.90 Å². The van der Waals surface area contributed by atoms with E-state index < -0.39 is 23.4 Å². The molecule has 4 nitrogen and oxygen atoms in total. The summed E-state index contributed by atoms with van der Waals surface area (Å²) < 4.78 is 43.8. The number of carbonyl (C=O) groups is 1. The third-order valence-electron chi connectivity index (χ3n) is 3.34. The van der Waals surface area contributed by atoms with Gasteiger partial charge in [0.05, 0.1) is 5.56 Å². The first kappa shape index (κ1) is 16.5. The van der Waals surface area contributed by atoms with Crippen LogP contribution in [0.4, 0.5) is 23.7 Å². The lowest BCUT2D eigenvalue weighted by atomic mass is 9.96. The number of nitrogen functional groups attached to an aromatic ring is 1. The van der Waals surface area contributed by atoms with Crippen LogP contribution in [0.3, 0.4) is 0 Å². The molecule has 0 radical (unpaired) electrons. The molecule has 0 atom stereocenters. The molecule has 2 N–H and O–H groups in total. The first-order valence-corrected chi connectivity index (χ1v) is 6.94. The zero-order valence-electron chi connectivity index (χ0n) is 12.8. The van der Waals surface area contributed by atoms with Gasteiger partial charge in [0.25, 0.3) is 0 Å². The Hall–Kier alpha value is -1.92. The van der Waals surface area contributed by atoms with E-state index in [1.807, 2.05) is 0 Å². The van der Waals surface area contributed by atoms with E-state index in [0.717, 1.165) is 6.07 Å². The molecule has 0 saturated carbocycles. The van der Waals surface area contributed by atoms with Crippen LogP contribution in [0.5, 0.6) is 0 Å². The van der Waals surface area contributed by atoms with E-state index in [-0.39, 0.29) is 12.2 Å². The average Bonchev–Trinajstić information content (AvgIpc) is 2.33. The molecule has 1 aliphatic rings. The van der Waals surface area contributed by atoms with Crippen LogP contribution >= 0.6 is 0 Å². The van der Waals surface area contributed by atoms with Crippen LogP contribution in [0, 0.1) is 0 Å².